The molecule has 0 aliphatic rings. The number of carbonyl (C=O) groups excluding carboxylic acids is 2. The van der Waals surface area contributed by atoms with Crippen LogP contribution in [0, 0.1) is 0 Å². The first-order chi connectivity index (χ1) is 12.1. The average Bonchev–Trinajstić information content (AvgIpc) is 2.61. The SMILES string of the molecule is CCCOc1ccc(C(=O)Oc2ccc(C=NNC(C)=O)cc2)cc1. The lowest BCUT2D eigenvalue weighted by Crippen LogP contribution is -2.12. The number of hydrogen-bond donors (Lipinski definition) is 1. The molecule has 0 heterocycles. The third-order valence-corrected chi connectivity index (χ3v) is 3.09. The summed E-state index contributed by atoms with van der Waals surface area (Å²) < 4.78 is 10.8. The van der Waals surface area contributed by atoms with Crippen LogP contribution in [-0.4, -0.2) is 24.7 Å². The molecular weight excluding hydrogens is 320 g/mol. The van der Waals surface area contributed by atoms with Gasteiger partial charge in [0.1, 0.15) is 11.5 Å². The van der Waals surface area contributed by atoms with Crippen molar-refractivity contribution in [2.45, 2.75) is 20.3 Å². The van der Waals surface area contributed by atoms with Gasteiger partial charge in [-0.15, -0.1) is 0 Å². The Balaban J connectivity index is 1.93. The summed E-state index contributed by atoms with van der Waals surface area (Å²) in [7, 11) is 0. The maximum Gasteiger partial charge on any atom is 0.343 e. The fourth-order valence-electron chi connectivity index (χ4n) is 1.89. The van der Waals surface area contributed by atoms with E-state index >= 15 is 0 Å². The molecule has 0 fully saturated rings. The summed E-state index contributed by atoms with van der Waals surface area (Å²) in [6, 6.07) is 13.6. The Morgan fingerprint density at radius 1 is 1.04 bits per heavy atom. The fourth-order valence-corrected chi connectivity index (χ4v) is 1.89. The van der Waals surface area contributed by atoms with Crippen LogP contribution in [0.4, 0.5) is 0 Å². The molecule has 0 atom stereocenters. The summed E-state index contributed by atoms with van der Waals surface area (Å²) in [6.45, 7) is 4.05. The van der Waals surface area contributed by atoms with Crippen LogP contribution in [-0.2, 0) is 4.79 Å². The number of nitrogens with zero attached hydrogens (tertiary/aromatic N) is 1. The van der Waals surface area contributed by atoms with Crippen LogP contribution in [0.15, 0.2) is 53.6 Å². The van der Waals surface area contributed by atoms with Crippen LogP contribution in [0.25, 0.3) is 0 Å². The third kappa shape index (κ3) is 6.10. The molecule has 0 saturated carbocycles. The molecule has 0 bridgehead atoms. The third-order valence-electron chi connectivity index (χ3n) is 3.09. The van der Waals surface area contributed by atoms with Gasteiger partial charge in [-0.1, -0.05) is 6.92 Å². The minimum absolute atomic E-state index is 0.243. The second-order valence-electron chi connectivity index (χ2n) is 5.26. The minimum Gasteiger partial charge on any atom is -0.494 e. The summed E-state index contributed by atoms with van der Waals surface area (Å²) in [5.74, 6) is 0.462. The lowest BCUT2D eigenvalue weighted by Gasteiger charge is -2.07. The normalized spacial score (nSPS) is 10.5. The van der Waals surface area contributed by atoms with Gasteiger partial charge in [0, 0.05) is 6.92 Å². The van der Waals surface area contributed by atoms with Gasteiger partial charge in [0.25, 0.3) is 0 Å². The number of amides is 1. The second kappa shape index (κ2) is 9.22. The highest BCUT2D eigenvalue weighted by Crippen LogP contribution is 2.16. The highest BCUT2D eigenvalue weighted by atomic mass is 16.5. The Bertz CT molecular complexity index is 737. The van der Waals surface area contributed by atoms with Crippen LogP contribution in [0.1, 0.15) is 36.2 Å². The van der Waals surface area contributed by atoms with Crippen molar-refractivity contribution in [2.75, 3.05) is 6.61 Å². The summed E-state index contributed by atoms with van der Waals surface area (Å²) in [4.78, 5) is 22.9. The first kappa shape index (κ1) is 18.2. The van der Waals surface area contributed by atoms with Gasteiger partial charge in [-0.2, -0.15) is 5.10 Å². The maximum absolute atomic E-state index is 12.1. The number of nitrogens with one attached hydrogen (secondary N) is 1. The summed E-state index contributed by atoms with van der Waals surface area (Å²) in [6.07, 6.45) is 2.43. The molecule has 1 amide bonds. The number of esters is 1. The van der Waals surface area contributed by atoms with E-state index in [1.807, 2.05) is 6.92 Å². The van der Waals surface area contributed by atoms with E-state index in [9.17, 15) is 9.59 Å². The Hall–Kier alpha value is -3.15. The molecule has 6 heteroatoms. The van der Waals surface area contributed by atoms with E-state index in [-0.39, 0.29) is 5.91 Å². The molecule has 130 valence electrons. The monoisotopic (exact) mass is 340 g/mol. The van der Waals surface area contributed by atoms with Crippen molar-refractivity contribution in [3.63, 3.8) is 0 Å². The van der Waals surface area contributed by atoms with Crippen molar-refractivity contribution in [3.05, 3.63) is 59.7 Å². The smallest absolute Gasteiger partial charge is 0.343 e. The van der Waals surface area contributed by atoms with Crippen molar-refractivity contribution in [1.82, 2.24) is 5.43 Å². The van der Waals surface area contributed by atoms with Crippen molar-refractivity contribution < 1.29 is 19.1 Å². The molecule has 2 aromatic rings. The number of hydrazone groups is 1. The van der Waals surface area contributed by atoms with Crippen molar-refractivity contribution in [2.24, 2.45) is 5.10 Å². The molecule has 0 saturated heterocycles. The number of hydrogen-bond acceptors (Lipinski definition) is 5. The van der Waals surface area contributed by atoms with Gasteiger partial charge in [-0.05, 0) is 60.5 Å². The van der Waals surface area contributed by atoms with E-state index in [1.165, 1.54) is 13.1 Å². The number of ether oxygens (including phenoxy) is 2. The van der Waals surface area contributed by atoms with E-state index in [4.69, 9.17) is 9.47 Å². The lowest BCUT2D eigenvalue weighted by atomic mass is 10.2. The zero-order valence-corrected chi connectivity index (χ0v) is 14.2. The predicted molar refractivity (Wildman–Crippen MR) is 95.0 cm³/mol. The lowest BCUT2D eigenvalue weighted by molar-refractivity contribution is -0.118. The van der Waals surface area contributed by atoms with Crippen molar-refractivity contribution >= 4 is 18.1 Å². The second-order valence-corrected chi connectivity index (χ2v) is 5.26. The first-order valence-corrected chi connectivity index (χ1v) is 7.93. The summed E-state index contributed by atoms with van der Waals surface area (Å²) in [5.41, 5.74) is 3.53. The van der Waals surface area contributed by atoms with Gasteiger partial charge in [-0.3, -0.25) is 4.79 Å². The predicted octanol–water partition coefficient (Wildman–Crippen LogP) is 3.16. The zero-order valence-electron chi connectivity index (χ0n) is 14.2. The molecule has 0 aliphatic carbocycles. The Morgan fingerprint density at radius 2 is 1.68 bits per heavy atom. The standard InChI is InChI=1S/C19H20N2O4/c1-3-12-24-17-10-6-16(7-11-17)19(23)25-18-8-4-15(5-9-18)13-20-21-14(2)22/h4-11,13H,3,12H2,1-2H3,(H,21,22). The molecule has 0 unspecified atom stereocenters. The zero-order chi connectivity index (χ0) is 18.1. The van der Waals surface area contributed by atoms with E-state index in [1.54, 1.807) is 48.5 Å². The fraction of sp³-hybridized carbons (Fsp3) is 0.211. The van der Waals surface area contributed by atoms with Crippen molar-refractivity contribution in [3.8, 4) is 11.5 Å². The largest absolute Gasteiger partial charge is 0.494 e. The number of carbonyl (C=O) groups is 2. The molecule has 25 heavy (non-hydrogen) atoms. The molecule has 2 aromatic carbocycles. The van der Waals surface area contributed by atoms with Crippen LogP contribution in [0.2, 0.25) is 0 Å². The highest BCUT2D eigenvalue weighted by Gasteiger charge is 2.08. The average molecular weight is 340 g/mol. The van der Waals surface area contributed by atoms with Crippen molar-refractivity contribution in [1.29, 1.82) is 0 Å². The summed E-state index contributed by atoms with van der Waals surface area (Å²) in [5, 5.41) is 3.76. The molecule has 0 spiro atoms. The van der Waals surface area contributed by atoms with Gasteiger partial charge < -0.3 is 9.47 Å². The quantitative estimate of drug-likeness (QED) is 0.363. The minimum atomic E-state index is -0.443. The molecule has 6 nitrogen and oxygen atoms in total. The molecule has 0 aliphatic heterocycles. The maximum atomic E-state index is 12.1. The summed E-state index contributed by atoms with van der Waals surface area (Å²) >= 11 is 0. The topological polar surface area (TPSA) is 77.0 Å². The molecule has 0 radical (unpaired) electrons. The van der Waals surface area contributed by atoms with Crippen LogP contribution >= 0.6 is 0 Å². The van der Waals surface area contributed by atoms with Gasteiger partial charge in [-0.25, -0.2) is 10.2 Å². The van der Waals surface area contributed by atoms with E-state index in [0.717, 1.165) is 17.7 Å². The Morgan fingerprint density at radius 3 is 2.28 bits per heavy atom. The first-order valence-electron chi connectivity index (χ1n) is 7.93. The van der Waals surface area contributed by atoms with E-state index in [0.29, 0.717) is 17.9 Å². The Kier molecular flexibility index (Phi) is 6.71. The van der Waals surface area contributed by atoms with E-state index in [2.05, 4.69) is 10.5 Å². The highest BCUT2D eigenvalue weighted by molar-refractivity contribution is 5.91. The van der Waals surface area contributed by atoms with E-state index < -0.39 is 5.97 Å². The number of rotatable bonds is 7. The number of benzene rings is 2. The molecular formula is C19H20N2O4. The van der Waals surface area contributed by atoms with Gasteiger partial charge >= 0.3 is 5.97 Å². The van der Waals surface area contributed by atoms with Crippen LogP contribution in [0.3, 0.4) is 0 Å². The molecule has 2 rings (SSSR count). The molecule has 1 N–H and O–H groups in total. The van der Waals surface area contributed by atoms with Gasteiger partial charge in [0.15, 0.2) is 0 Å². The van der Waals surface area contributed by atoms with Crippen LogP contribution in [0.5, 0.6) is 11.5 Å². The van der Waals surface area contributed by atoms with Gasteiger partial charge in [0.2, 0.25) is 5.91 Å². The van der Waals surface area contributed by atoms with Gasteiger partial charge in [0.05, 0.1) is 18.4 Å². The molecule has 0 aromatic heterocycles. The Labute approximate surface area is 146 Å². The van der Waals surface area contributed by atoms with Crippen LogP contribution < -0.4 is 14.9 Å².